The number of carbonyl (C=O) groups is 2. The predicted octanol–water partition coefficient (Wildman–Crippen LogP) is 5.59. The van der Waals surface area contributed by atoms with Crippen molar-refractivity contribution in [1.29, 1.82) is 0 Å². The molecule has 1 N–H and O–H groups in total. The second-order valence-electron chi connectivity index (χ2n) is 6.40. The second-order valence-corrected chi connectivity index (χ2v) is 6.40. The molecule has 0 radical (unpaired) electrons. The minimum atomic E-state index is -0.625. The Bertz CT molecular complexity index is 657. The van der Waals surface area contributed by atoms with Crippen molar-refractivity contribution >= 4 is 23.6 Å². The summed E-state index contributed by atoms with van der Waals surface area (Å²) in [5.74, 6) is -0.611. The van der Waals surface area contributed by atoms with E-state index in [0.717, 1.165) is 12.8 Å². The summed E-state index contributed by atoms with van der Waals surface area (Å²) < 4.78 is 4.84. The van der Waals surface area contributed by atoms with Crippen LogP contribution in [-0.4, -0.2) is 18.5 Å². The Morgan fingerprint density at radius 3 is 2.26 bits per heavy atom. The number of esters is 1. The van der Waals surface area contributed by atoms with Crippen LogP contribution in [0.5, 0.6) is 0 Å². The summed E-state index contributed by atoms with van der Waals surface area (Å²) in [7, 11) is 0. The van der Waals surface area contributed by atoms with Gasteiger partial charge in [-0.15, -0.1) is 0 Å². The molecular weight excluding hydrogens is 340 g/mol. The van der Waals surface area contributed by atoms with Crippen LogP contribution < -0.4 is 5.32 Å². The third kappa shape index (κ3) is 9.60. The lowest BCUT2D eigenvalue weighted by atomic mass is 10.1. The molecule has 1 aromatic carbocycles. The molecule has 27 heavy (non-hydrogen) atoms. The highest BCUT2D eigenvalue weighted by Crippen LogP contribution is 2.15. The van der Waals surface area contributed by atoms with Crippen LogP contribution in [0.1, 0.15) is 70.8 Å². The third-order valence-electron chi connectivity index (χ3n) is 4.11. The molecule has 0 heterocycles. The van der Waals surface area contributed by atoms with Gasteiger partial charge < -0.3 is 10.1 Å². The molecule has 0 bridgehead atoms. The highest BCUT2D eigenvalue weighted by atomic mass is 16.5. The van der Waals surface area contributed by atoms with E-state index >= 15 is 0 Å². The standard InChI is InChI=1S/C22H30N2O3/c1-4-6-7-8-9-10-11-12-21(25)24-19-15-13-18(14-16-19)17-20(23-3)22(26)27-5-2/h13-17H,4-12H2,1-2H3,(H,24,25)/b20-17-. The first-order valence-electron chi connectivity index (χ1n) is 9.76. The lowest BCUT2D eigenvalue weighted by Gasteiger charge is -2.06. The number of amides is 1. The van der Waals surface area contributed by atoms with Gasteiger partial charge in [0.05, 0.1) is 13.2 Å². The first-order valence-corrected chi connectivity index (χ1v) is 9.76. The van der Waals surface area contributed by atoms with Crippen molar-refractivity contribution < 1.29 is 14.3 Å². The Morgan fingerprint density at radius 2 is 1.67 bits per heavy atom. The van der Waals surface area contributed by atoms with E-state index in [1.807, 2.05) is 0 Å². The summed E-state index contributed by atoms with van der Waals surface area (Å²) >= 11 is 0. The smallest absolute Gasteiger partial charge is 0.336 e. The maximum absolute atomic E-state index is 12.0. The van der Waals surface area contributed by atoms with Crippen molar-refractivity contribution in [3.05, 3.63) is 46.9 Å². The molecule has 0 saturated carbocycles. The maximum atomic E-state index is 12.0. The fraction of sp³-hybridized carbons (Fsp3) is 0.500. The van der Waals surface area contributed by atoms with Crippen LogP contribution in [0.25, 0.3) is 10.9 Å². The Labute approximate surface area is 162 Å². The van der Waals surface area contributed by atoms with Crippen LogP contribution in [0.2, 0.25) is 0 Å². The molecule has 5 heteroatoms. The van der Waals surface area contributed by atoms with Crippen LogP contribution in [0.4, 0.5) is 5.69 Å². The summed E-state index contributed by atoms with van der Waals surface area (Å²) in [6, 6.07) is 7.05. The van der Waals surface area contributed by atoms with Gasteiger partial charge in [0.1, 0.15) is 0 Å². The number of rotatable bonds is 12. The highest BCUT2D eigenvalue weighted by molar-refractivity contribution is 5.95. The van der Waals surface area contributed by atoms with Crippen molar-refractivity contribution in [2.45, 2.75) is 65.2 Å². The molecule has 0 aliphatic heterocycles. The first-order chi connectivity index (χ1) is 13.1. The lowest BCUT2D eigenvalue weighted by molar-refractivity contribution is -0.138. The summed E-state index contributed by atoms with van der Waals surface area (Å²) in [5.41, 5.74) is 1.35. The minimum Gasteiger partial charge on any atom is -0.471 e. The molecular formula is C22H30N2O3. The molecule has 5 nitrogen and oxygen atoms in total. The minimum absolute atomic E-state index is 0.0141. The van der Waals surface area contributed by atoms with Gasteiger partial charge in [-0.3, -0.25) is 9.59 Å². The average molecular weight is 370 g/mol. The van der Waals surface area contributed by atoms with Gasteiger partial charge in [-0.25, -0.2) is 4.85 Å². The quantitative estimate of drug-likeness (QED) is 0.226. The molecule has 0 atom stereocenters. The van der Waals surface area contributed by atoms with Gasteiger partial charge in [0.2, 0.25) is 5.91 Å². The number of nitrogens with zero attached hydrogens (tertiary/aromatic N) is 1. The normalized spacial score (nSPS) is 10.9. The monoisotopic (exact) mass is 370 g/mol. The van der Waals surface area contributed by atoms with E-state index in [1.54, 1.807) is 31.2 Å². The van der Waals surface area contributed by atoms with Gasteiger partial charge in [-0.2, -0.15) is 0 Å². The zero-order valence-electron chi connectivity index (χ0n) is 16.4. The second kappa shape index (κ2) is 13.6. The van der Waals surface area contributed by atoms with Crippen LogP contribution in [0, 0.1) is 6.57 Å². The van der Waals surface area contributed by atoms with E-state index < -0.39 is 5.97 Å². The molecule has 0 fully saturated rings. The number of anilines is 1. The topological polar surface area (TPSA) is 59.8 Å². The molecule has 0 spiro atoms. The summed E-state index contributed by atoms with van der Waals surface area (Å²) in [6.07, 6.45) is 10.3. The van der Waals surface area contributed by atoms with E-state index in [-0.39, 0.29) is 18.2 Å². The predicted molar refractivity (Wildman–Crippen MR) is 109 cm³/mol. The van der Waals surface area contributed by atoms with Gasteiger partial charge in [0.15, 0.2) is 0 Å². The Balaban J connectivity index is 2.42. The van der Waals surface area contributed by atoms with Gasteiger partial charge in [-0.05, 0) is 37.1 Å². The highest BCUT2D eigenvalue weighted by Gasteiger charge is 2.10. The third-order valence-corrected chi connectivity index (χ3v) is 4.11. The van der Waals surface area contributed by atoms with E-state index in [2.05, 4.69) is 17.1 Å². The van der Waals surface area contributed by atoms with Crippen molar-refractivity contribution in [1.82, 2.24) is 0 Å². The van der Waals surface area contributed by atoms with Crippen molar-refractivity contribution in [3.8, 4) is 0 Å². The van der Waals surface area contributed by atoms with E-state index in [0.29, 0.717) is 17.7 Å². The molecule has 0 unspecified atom stereocenters. The molecule has 0 aliphatic carbocycles. The fourth-order valence-corrected chi connectivity index (χ4v) is 2.63. The number of unbranched alkanes of at least 4 members (excludes halogenated alkanes) is 6. The van der Waals surface area contributed by atoms with Crippen molar-refractivity contribution in [3.63, 3.8) is 0 Å². The van der Waals surface area contributed by atoms with Crippen LogP contribution in [0.3, 0.4) is 0 Å². The van der Waals surface area contributed by atoms with Gasteiger partial charge >= 0.3 is 5.97 Å². The van der Waals surface area contributed by atoms with Gasteiger partial charge in [0, 0.05) is 12.1 Å². The summed E-state index contributed by atoms with van der Waals surface area (Å²) in [4.78, 5) is 26.8. The zero-order chi connectivity index (χ0) is 19.9. The molecule has 146 valence electrons. The SMILES string of the molecule is [C-]#[N+]/C(=C\c1ccc(NC(=O)CCCCCCCCC)cc1)C(=O)OCC. The van der Waals surface area contributed by atoms with Gasteiger partial charge in [0.25, 0.3) is 5.70 Å². The molecule has 0 aliphatic rings. The zero-order valence-corrected chi connectivity index (χ0v) is 16.4. The van der Waals surface area contributed by atoms with E-state index in [9.17, 15) is 9.59 Å². The molecule has 0 saturated heterocycles. The number of carbonyl (C=O) groups excluding carboxylic acids is 2. The molecule has 1 aromatic rings. The Hall–Kier alpha value is -2.61. The number of hydrogen-bond acceptors (Lipinski definition) is 3. The van der Waals surface area contributed by atoms with Crippen molar-refractivity contribution in [2.75, 3.05) is 11.9 Å². The van der Waals surface area contributed by atoms with Crippen LogP contribution in [0.15, 0.2) is 30.0 Å². The number of hydrogen-bond donors (Lipinski definition) is 1. The largest absolute Gasteiger partial charge is 0.471 e. The molecule has 1 amide bonds. The average Bonchev–Trinajstić information content (AvgIpc) is 2.66. The van der Waals surface area contributed by atoms with Crippen LogP contribution >= 0.6 is 0 Å². The van der Waals surface area contributed by atoms with E-state index in [4.69, 9.17) is 11.3 Å². The summed E-state index contributed by atoms with van der Waals surface area (Å²) in [6.45, 7) is 11.2. The Kier molecular flexibility index (Phi) is 11.3. The van der Waals surface area contributed by atoms with Crippen molar-refractivity contribution in [2.24, 2.45) is 0 Å². The number of ether oxygens (including phenoxy) is 1. The number of benzene rings is 1. The number of nitrogens with one attached hydrogen (secondary N) is 1. The Morgan fingerprint density at radius 1 is 1.04 bits per heavy atom. The van der Waals surface area contributed by atoms with Crippen LogP contribution in [-0.2, 0) is 14.3 Å². The maximum Gasteiger partial charge on any atom is 0.336 e. The lowest BCUT2D eigenvalue weighted by Crippen LogP contribution is -2.10. The first kappa shape index (κ1) is 22.4. The van der Waals surface area contributed by atoms with E-state index in [1.165, 1.54) is 38.2 Å². The van der Waals surface area contributed by atoms with Gasteiger partial charge in [-0.1, -0.05) is 57.6 Å². The fourth-order valence-electron chi connectivity index (χ4n) is 2.63. The molecule has 0 aromatic heterocycles. The summed E-state index contributed by atoms with van der Waals surface area (Å²) in [5, 5.41) is 2.88. The molecule has 1 rings (SSSR count).